The third-order valence-electron chi connectivity index (χ3n) is 4.58. The Morgan fingerprint density at radius 2 is 1.96 bits per heavy atom. The van der Waals surface area contributed by atoms with Crippen LogP contribution in [0, 0.1) is 5.82 Å². The third kappa shape index (κ3) is 5.59. The quantitative estimate of drug-likeness (QED) is 0.760. The van der Waals surface area contributed by atoms with E-state index in [0.29, 0.717) is 12.8 Å². The molecule has 1 aliphatic rings. The normalized spacial score (nSPS) is 20.0. The van der Waals surface area contributed by atoms with Crippen molar-refractivity contribution in [2.24, 2.45) is 0 Å². The first-order valence-corrected chi connectivity index (χ1v) is 8.91. The zero-order chi connectivity index (χ0) is 19.9. The maximum atomic E-state index is 13.9. The van der Waals surface area contributed by atoms with E-state index in [1.54, 1.807) is 20.8 Å². The molecule has 1 N–H and O–H groups in total. The number of ether oxygens (including phenoxy) is 1. The number of halogens is 2. The van der Waals surface area contributed by atoms with Crippen LogP contribution in [0.1, 0.15) is 58.9 Å². The molecule has 1 unspecified atom stereocenters. The first-order valence-electron chi connectivity index (χ1n) is 8.53. The van der Waals surface area contributed by atoms with Gasteiger partial charge in [-0.2, -0.15) is 0 Å². The number of aliphatic carboxylic acids is 1. The van der Waals surface area contributed by atoms with E-state index in [9.17, 15) is 19.1 Å². The van der Waals surface area contributed by atoms with Gasteiger partial charge in [-0.25, -0.2) is 9.18 Å². The van der Waals surface area contributed by atoms with E-state index >= 15 is 0 Å². The summed E-state index contributed by atoms with van der Waals surface area (Å²) in [6.07, 6.45) is 0.537. The summed E-state index contributed by atoms with van der Waals surface area (Å²) in [7, 11) is 0. The molecule has 1 amide bonds. The minimum atomic E-state index is -1.12. The Morgan fingerprint density at radius 3 is 2.44 bits per heavy atom. The minimum absolute atomic E-state index is 0. The molecule has 5 nitrogen and oxygen atoms in total. The molecule has 1 fully saturated rings. The zero-order valence-corrected chi connectivity index (χ0v) is 16.4. The second-order valence-corrected chi connectivity index (χ2v) is 8.67. The number of rotatable bonds is 3. The molecule has 1 heterocycles. The Hall–Kier alpha value is -0.820. The number of amides is 1. The molecule has 0 saturated carbocycles. The number of likely N-dealkylation sites (tertiary alicyclic amines) is 1. The van der Waals surface area contributed by atoms with E-state index in [2.05, 4.69) is 0 Å². The molecule has 1 aliphatic heterocycles. The van der Waals surface area contributed by atoms with Crippen LogP contribution in [0.2, 0.25) is 5.02 Å². The van der Waals surface area contributed by atoms with Gasteiger partial charge in [0.2, 0.25) is 0 Å². The van der Waals surface area contributed by atoms with Crippen molar-refractivity contribution in [1.82, 2.24) is 4.90 Å². The number of carboxylic acids is 1. The van der Waals surface area contributed by atoms with Crippen LogP contribution < -0.4 is 0 Å². The number of nitrogens with zero attached hydrogens (tertiary/aromatic N) is 1. The van der Waals surface area contributed by atoms with Gasteiger partial charge in [-0.05, 0) is 65.2 Å². The topological polar surface area (TPSA) is 66.8 Å². The summed E-state index contributed by atoms with van der Waals surface area (Å²) >= 11 is 5.71. The summed E-state index contributed by atoms with van der Waals surface area (Å²) in [5.74, 6) is -2.88. The molecule has 27 heavy (non-hydrogen) atoms. The fourth-order valence-corrected chi connectivity index (χ4v) is 3.56. The van der Waals surface area contributed by atoms with Crippen molar-refractivity contribution in [3.05, 3.63) is 34.6 Å². The van der Waals surface area contributed by atoms with Gasteiger partial charge in [-0.15, -0.1) is 0 Å². The van der Waals surface area contributed by atoms with Gasteiger partial charge >= 0.3 is 41.6 Å². The second-order valence-electron chi connectivity index (χ2n) is 8.26. The van der Waals surface area contributed by atoms with Gasteiger partial charge in [0.25, 0.3) is 0 Å². The van der Waals surface area contributed by atoms with E-state index < -0.39 is 41.0 Å². The molecule has 1 saturated heterocycles. The molecule has 1 aromatic carbocycles. The molecular weight excluding hydrogens is 384 g/mol. The molecule has 0 aromatic heterocycles. The molecule has 0 aliphatic carbocycles. The number of hydrogen-bond acceptors (Lipinski definition) is 3. The Morgan fingerprint density at radius 1 is 1.37 bits per heavy atom. The van der Waals surface area contributed by atoms with Crippen molar-refractivity contribution >= 4 is 53.2 Å². The maximum absolute atomic E-state index is 13.9. The van der Waals surface area contributed by atoms with Gasteiger partial charge in [0, 0.05) is 5.54 Å². The van der Waals surface area contributed by atoms with Crippen LogP contribution in [0.5, 0.6) is 0 Å². The van der Waals surface area contributed by atoms with E-state index in [1.165, 1.54) is 17.0 Å². The molecule has 0 spiro atoms. The molecule has 2 rings (SSSR count). The summed E-state index contributed by atoms with van der Waals surface area (Å²) in [5, 5.41) is 9.74. The Kier molecular flexibility index (Phi) is 7.79. The van der Waals surface area contributed by atoms with Crippen molar-refractivity contribution < 1.29 is 23.8 Å². The van der Waals surface area contributed by atoms with Crippen molar-refractivity contribution in [1.29, 1.82) is 0 Å². The summed E-state index contributed by atoms with van der Waals surface area (Å²) in [4.78, 5) is 26.3. The number of carbonyl (C=O) groups excluding carboxylic acids is 1. The average Bonchev–Trinajstić information content (AvgIpc) is 2.76. The van der Waals surface area contributed by atoms with Crippen molar-refractivity contribution in [3.63, 3.8) is 0 Å². The van der Waals surface area contributed by atoms with Crippen molar-refractivity contribution in [2.45, 2.75) is 70.6 Å². The summed E-state index contributed by atoms with van der Waals surface area (Å²) in [6, 6.07) is 3.31. The number of carbonyl (C=O) groups is 2. The van der Waals surface area contributed by atoms with E-state index in [-0.39, 0.29) is 40.1 Å². The Bertz CT molecular complexity index is 720. The second kappa shape index (κ2) is 8.68. The van der Waals surface area contributed by atoms with Gasteiger partial charge in [0.1, 0.15) is 17.3 Å². The van der Waals surface area contributed by atoms with Gasteiger partial charge < -0.3 is 9.84 Å². The fourth-order valence-electron chi connectivity index (χ4n) is 3.44. The van der Waals surface area contributed by atoms with Crippen LogP contribution in [0.4, 0.5) is 9.18 Å². The van der Waals surface area contributed by atoms with Gasteiger partial charge in [-0.1, -0.05) is 17.7 Å². The van der Waals surface area contributed by atoms with Crippen LogP contribution in [-0.4, -0.2) is 68.8 Å². The van der Waals surface area contributed by atoms with Crippen molar-refractivity contribution in [2.75, 3.05) is 0 Å². The Labute approximate surface area is 186 Å². The average molecular weight is 410 g/mol. The first kappa shape index (κ1) is 24.2. The molecule has 146 valence electrons. The monoisotopic (exact) mass is 409 g/mol. The first-order chi connectivity index (χ1) is 11.8. The van der Waals surface area contributed by atoms with Crippen LogP contribution in [-0.2, 0) is 9.53 Å². The zero-order valence-electron chi connectivity index (χ0n) is 15.7. The predicted molar refractivity (Wildman–Crippen MR) is 104 cm³/mol. The van der Waals surface area contributed by atoms with Crippen LogP contribution in [0.15, 0.2) is 18.2 Å². The van der Waals surface area contributed by atoms with Gasteiger partial charge in [0.15, 0.2) is 0 Å². The van der Waals surface area contributed by atoms with E-state index in [0.717, 1.165) is 6.07 Å². The Balaban J connectivity index is 0.00000364. The fraction of sp³-hybridized carbons (Fsp3) is 0.579. The summed E-state index contributed by atoms with van der Waals surface area (Å²) in [5.41, 5.74) is -0.993. The van der Waals surface area contributed by atoms with Gasteiger partial charge in [0.05, 0.1) is 11.1 Å². The summed E-state index contributed by atoms with van der Waals surface area (Å²) < 4.78 is 19.4. The predicted octanol–water partition coefficient (Wildman–Crippen LogP) is 4.18. The number of benzene rings is 1. The van der Waals surface area contributed by atoms with E-state index in [4.69, 9.17) is 16.3 Å². The van der Waals surface area contributed by atoms with Crippen LogP contribution >= 0.6 is 11.6 Å². The molecule has 2 atom stereocenters. The number of hydrogen-bond donors (Lipinski definition) is 1. The summed E-state index contributed by atoms with van der Waals surface area (Å²) in [6.45, 7) is 9.02. The number of carboxylic acid groups (broad SMARTS) is 1. The van der Waals surface area contributed by atoms with Crippen LogP contribution in [0.3, 0.4) is 0 Å². The SMILES string of the molecule is CC(C)(C)OC(=O)N1C([C@@H](C(=O)O)c2ccc(Cl)c(F)c2)CCC1(C)C.[NaH]. The molecule has 8 heteroatoms. The van der Waals surface area contributed by atoms with Crippen LogP contribution in [0.25, 0.3) is 0 Å². The van der Waals surface area contributed by atoms with Crippen molar-refractivity contribution in [3.8, 4) is 0 Å². The standard InChI is InChI=1S/C19H25ClFNO4.Na.H/c1-18(2,3)26-17(25)22-14(8-9-19(22,4)5)15(16(23)24)11-6-7-12(20)13(21)10-11;;/h6-7,10,14-15H,8-9H2,1-5H3,(H,23,24);;/t14?,15-;;/m0../s1. The van der Waals surface area contributed by atoms with E-state index in [1.807, 2.05) is 13.8 Å². The third-order valence-corrected chi connectivity index (χ3v) is 4.89. The molecule has 0 bridgehead atoms. The molecule has 1 aromatic rings. The molecule has 0 radical (unpaired) electrons. The molecular formula is C19H26ClFNNaO4. The van der Waals surface area contributed by atoms with Gasteiger partial charge in [-0.3, -0.25) is 9.69 Å².